The molecule has 1 aliphatic rings. The molecule has 0 radical (unpaired) electrons. The number of nitrogen functional groups attached to an aromatic ring is 1. The number of carbonyl (C=O) groups is 1. The third-order valence-corrected chi connectivity index (χ3v) is 6.41. The first-order valence-electron chi connectivity index (χ1n) is 9.55. The van der Waals surface area contributed by atoms with Crippen LogP contribution in [0.3, 0.4) is 0 Å². The summed E-state index contributed by atoms with van der Waals surface area (Å²) >= 11 is 0. The topological polar surface area (TPSA) is 222 Å². The minimum absolute atomic E-state index is 0.0242. The fraction of sp³-hybridized carbons (Fsp3) is 0.438. The van der Waals surface area contributed by atoms with Crippen LogP contribution < -0.4 is 16.6 Å². The summed E-state index contributed by atoms with van der Waals surface area (Å²) in [7, 11) is -3.11. The molecule has 5 atom stereocenters. The highest BCUT2D eigenvalue weighted by molar-refractivity contribution is 7.51. The van der Waals surface area contributed by atoms with Gasteiger partial charge in [-0.2, -0.15) is 4.98 Å². The van der Waals surface area contributed by atoms with Crippen LogP contribution in [0.5, 0.6) is 0 Å². The molecule has 3 aromatic rings. The van der Waals surface area contributed by atoms with Crippen molar-refractivity contribution in [2.24, 2.45) is 5.92 Å². The van der Waals surface area contributed by atoms with Gasteiger partial charge in [-0.1, -0.05) is 0 Å². The molecule has 0 saturated carbocycles. The number of nitrogens with two attached hydrogens (primary N) is 1. The van der Waals surface area contributed by atoms with Gasteiger partial charge in [-0.3, -0.25) is 18.9 Å². The summed E-state index contributed by atoms with van der Waals surface area (Å²) in [5.74, 6) is -0.958. The van der Waals surface area contributed by atoms with Crippen LogP contribution in [0.1, 0.15) is 6.23 Å². The Balaban J connectivity index is 1.60. The van der Waals surface area contributed by atoms with Gasteiger partial charge in [-0.05, 0) is 0 Å². The van der Waals surface area contributed by atoms with E-state index in [-0.39, 0.29) is 23.7 Å². The summed E-state index contributed by atoms with van der Waals surface area (Å²) < 4.78 is 30.3. The second kappa shape index (κ2) is 8.92. The average Bonchev–Trinajstić information content (AvgIpc) is 3.50. The lowest BCUT2D eigenvalue weighted by Gasteiger charge is -2.21. The van der Waals surface area contributed by atoms with Crippen LogP contribution in [0.15, 0.2) is 29.8 Å². The van der Waals surface area contributed by atoms with Gasteiger partial charge in [0.1, 0.15) is 12.4 Å². The highest BCUT2D eigenvalue weighted by Crippen LogP contribution is 2.45. The predicted octanol–water partition coefficient (Wildman–Crippen LogP) is -1.21. The second-order valence-corrected chi connectivity index (χ2v) is 8.80. The molecule has 1 amide bonds. The van der Waals surface area contributed by atoms with E-state index < -0.39 is 50.4 Å². The van der Waals surface area contributed by atoms with Gasteiger partial charge in [0.25, 0.3) is 5.56 Å². The molecule has 1 saturated heterocycles. The van der Waals surface area contributed by atoms with Crippen LogP contribution in [-0.4, -0.2) is 77.4 Å². The number of H-pyrrole nitrogens is 1. The molecule has 17 heteroatoms. The lowest BCUT2D eigenvalue weighted by molar-refractivity contribution is -0.0472. The number of aromatic amines is 1. The lowest BCUT2D eigenvalue weighted by atomic mass is 9.98. The number of carbonyl (C=O) groups excluding carboxylic acids is 1. The first-order valence-corrected chi connectivity index (χ1v) is 11.1. The van der Waals surface area contributed by atoms with E-state index in [1.165, 1.54) is 30.4 Å². The number of nitrogens with one attached hydrogen (secondary N) is 2. The molecule has 1 aliphatic heterocycles. The molecule has 178 valence electrons. The normalized spacial score (nSPS) is 24.6. The number of amides is 1. The summed E-state index contributed by atoms with van der Waals surface area (Å²) in [6, 6.07) is 0. The minimum atomic E-state index is -4.28. The molecule has 0 spiro atoms. The number of hydrogen-bond acceptors (Lipinski definition) is 11. The highest BCUT2D eigenvalue weighted by Gasteiger charge is 2.46. The zero-order chi connectivity index (χ0) is 23.8. The highest BCUT2D eigenvalue weighted by atomic mass is 31.2. The van der Waals surface area contributed by atoms with E-state index in [1.54, 1.807) is 0 Å². The van der Waals surface area contributed by atoms with Crippen molar-refractivity contribution in [1.29, 1.82) is 0 Å². The van der Waals surface area contributed by atoms with Gasteiger partial charge in [0.05, 0.1) is 26.1 Å². The number of imidazole rings is 2. The summed E-state index contributed by atoms with van der Waals surface area (Å²) in [4.78, 5) is 47.9. The SMILES string of the molecule is COC(=O)NC[C@H]1[C@@H](O)[C@H](n2cnc3c(=O)[nH]c(N)nc32)O[C@@H]1COP(=O)(O)n1ccnc1. The number of ether oxygens (including phenoxy) is 2. The van der Waals surface area contributed by atoms with Gasteiger partial charge in [-0.25, -0.2) is 23.7 Å². The van der Waals surface area contributed by atoms with Crippen LogP contribution >= 0.6 is 7.75 Å². The Morgan fingerprint density at radius 2 is 2.24 bits per heavy atom. The van der Waals surface area contributed by atoms with Crippen molar-refractivity contribution in [3.8, 4) is 0 Å². The average molecular weight is 484 g/mol. The standard InChI is InChI=1S/C16H21N8O8P/c1-30-16(27)19-4-8-9(5-31-33(28,29)23-3-2-18-6-23)32-14(11(8)25)24-7-20-10-12(24)21-15(17)22-13(10)26/h2-3,6-9,11,14,25H,4-5H2,1H3,(H,19,27)(H,28,29)(H3,17,21,22,26)/t8-,9-,11-,14-/m1/s1. The molecule has 3 aromatic heterocycles. The lowest BCUT2D eigenvalue weighted by Crippen LogP contribution is -2.39. The van der Waals surface area contributed by atoms with Gasteiger partial charge < -0.3 is 30.5 Å². The predicted molar refractivity (Wildman–Crippen MR) is 110 cm³/mol. The van der Waals surface area contributed by atoms with E-state index in [0.717, 1.165) is 10.7 Å². The van der Waals surface area contributed by atoms with Gasteiger partial charge in [-0.15, -0.1) is 0 Å². The molecule has 1 fully saturated rings. The third kappa shape index (κ3) is 4.46. The van der Waals surface area contributed by atoms with Crippen molar-refractivity contribution < 1.29 is 33.4 Å². The molecule has 6 N–H and O–H groups in total. The number of nitrogens with zero attached hydrogens (tertiary/aromatic N) is 5. The molecule has 1 unspecified atom stereocenters. The fourth-order valence-electron chi connectivity index (χ4n) is 3.48. The molecular formula is C16H21N8O8P. The maximum absolute atomic E-state index is 12.5. The quantitative estimate of drug-likeness (QED) is 0.249. The summed E-state index contributed by atoms with van der Waals surface area (Å²) in [6.45, 7) is -0.530. The number of rotatable bonds is 7. The molecule has 4 heterocycles. The van der Waals surface area contributed by atoms with E-state index >= 15 is 0 Å². The zero-order valence-corrected chi connectivity index (χ0v) is 18.0. The zero-order valence-electron chi connectivity index (χ0n) is 17.1. The molecule has 4 rings (SSSR count). The van der Waals surface area contributed by atoms with Crippen molar-refractivity contribution >= 4 is 31.0 Å². The number of hydrogen-bond donors (Lipinski definition) is 5. The number of aromatic nitrogens is 6. The Morgan fingerprint density at radius 1 is 1.45 bits per heavy atom. The first kappa shape index (κ1) is 22.9. The molecular weight excluding hydrogens is 463 g/mol. The Hall–Kier alpha value is -3.30. The Labute approximate surface area is 184 Å². The maximum atomic E-state index is 12.5. The summed E-state index contributed by atoms with van der Waals surface area (Å²) in [5, 5.41) is 13.4. The van der Waals surface area contributed by atoms with Crippen LogP contribution in [-0.2, 0) is 18.6 Å². The molecule has 16 nitrogen and oxygen atoms in total. The van der Waals surface area contributed by atoms with Crippen LogP contribution in [0.25, 0.3) is 11.2 Å². The van der Waals surface area contributed by atoms with Crippen LogP contribution in [0, 0.1) is 5.92 Å². The minimum Gasteiger partial charge on any atom is -0.453 e. The molecule has 0 aliphatic carbocycles. The Morgan fingerprint density at radius 3 is 2.94 bits per heavy atom. The smallest absolute Gasteiger partial charge is 0.437 e. The Kier molecular flexibility index (Phi) is 6.18. The third-order valence-electron chi connectivity index (χ3n) is 5.10. The number of aliphatic hydroxyl groups is 1. The van der Waals surface area contributed by atoms with E-state index in [0.29, 0.717) is 0 Å². The van der Waals surface area contributed by atoms with Crippen molar-refractivity contribution in [3.63, 3.8) is 0 Å². The number of aliphatic hydroxyl groups excluding tert-OH is 1. The number of fused-ring (bicyclic) bond motifs is 1. The van der Waals surface area contributed by atoms with Crippen molar-refractivity contribution in [3.05, 3.63) is 35.4 Å². The molecule has 0 aromatic carbocycles. The van der Waals surface area contributed by atoms with Crippen LogP contribution in [0.2, 0.25) is 0 Å². The monoisotopic (exact) mass is 484 g/mol. The number of anilines is 1. The van der Waals surface area contributed by atoms with Gasteiger partial charge in [0.2, 0.25) is 5.95 Å². The van der Waals surface area contributed by atoms with Crippen LogP contribution in [0.4, 0.5) is 10.7 Å². The number of alkyl carbamates (subject to hydrolysis) is 1. The summed E-state index contributed by atoms with van der Waals surface area (Å²) in [6.07, 6.45) is 0.858. The fourth-order valence-corrected chi connectivity index (χ4v) is 4.37. The van der Waals surface area contributed by atoms with E-state index in [4.69, 9.17) is 15.0 Å². The molecule has 0 bridgehead atoms. The van der Waals surface area contributed by atoms with E-state index in [1.807, 2.05) is 0 Å². The second-order valence-electron chi connectivity index (χ2n) is 7.10. The van der Waals surface area contributed by atoms with E-state index in [2.05, 4.69) is 30.0 Å². The summed E-state index contributed by atoms with van der Waals surface area (Å²) in [5.41, 5.74) is 5.08. The Bertz CT molecular complexity index is 1240. The van der Waals surface area contributed by atoms with Crippen molar-refractivity contribution in [2.75, 3.05) is 26.0 Å². The van der Waals surface area contributed by atoms with E-state index in [9.17, 15) is 24.2 Å². The largest absolute Gasteiger partial charge is 0.453 e. The maximum Gasteiger partial charge on any atom is 0.437 e. The molecule has 33 heavy (non-hydrogen) atoms. The van der Waals surface area contributed by atoms with Gasteiger partial charge in [0, 0.05) is 24.9 Å². The van der Waals surface area contributed by atoms with Gasteiger partial charge >= 0.3 is 13.8 Å². The van der Waals surface area contributed by atoms with Gasteiger partial charge in [0.15, 0.2) is 17.4 Å². The number of methoxy groups -OCH3 is 1. The van der Waals surface area contributed by atoms with Crippen molar-refractivity contribution in [2.45, 2.75) is 18.4 Å². The first-order chi connectivity index (χ1) is 15.7. The van der Waals surface area contributed by atoms with Crippen molar-refractivity contribution in [1.82, 2.24) is 34.2 Å².